The van der Waals surface area contributed by atoms with Gasteiger partial charge in [-0.3, -0.25) is 0 Å². The molecule has 0 unspecified atom stereocenters. The maximum atomic E-state index is 9.63. The van der Waals surface area contributed by atoms with Crippen LogP contribution < -0.4 is 0 Å². The third-order valence-electron chi connectivity index (χ3n) is 3.59. The van der Waals surface area contributed by atoms with E-state index in [0.29, 0.717) is 11.5 Å². The van der Waals surface area contributed by atoms with Crippen LogP contribution >= 0.6 is 22.6 Å². The van der Waals surface area contributed by atoms with Crippen LogP contribution in [0.15, 0.2) is 36.4 Å². The largest absolute Gasteiger partial charge is 0.508 e. The van der Waals surface area contributed by atoms with Gasteiger partial charge in [0.15, 0.2) is 0 Å². The lowest BCUT2D eigenvalue weighted by atomic mass is 9.77. The van der Waals surface area contributed by atoms with Crippen LogP contribution in [0.1, 0.15) is 30.5 Å². The lowest BCUT2D eigenvalue weighted by Crippen LogP contribution is -2.19. The molecule has 0 spiro atoms. The normalized spacial score (nSPS) is 11.6. The third-order valence-corrected chi connectivity index (χ3v) is 4.45. The van der Waals surface area contributed by atoms with Crippen molar-refractivity contribution in [3.63, 3.8) is 0 Å². The number of rotatable bonds is 2. The van der Waals surface area contributed by atoms with Gasteiger partial charge in [-0.25, -0.2) is 0 Å². The third kappa shape index (κ3) is 2.71. The Kier molecular flexibility index (Phi) is 3.76. The summed E-state index contributed by atoms with van der Waals surface area (Å²) in [5.41, 5.74) is 2.98. The lowest BCUT2D eigenvalue weighted by Gasteiger charge is -2.27. The van der Waals surface area contributed by atoms with Crippen molar-refractivity contribution in [3.8, 4) is 11.5 Å². The van der Waals surface area contributed by atoms with Crippen LogP contribution in [0.4, 0.5) is 0 Å². The molecule has 0 aromatic heterocycles. The minimum Gasteiger partial charge on any atom is -0.508 e. The van der Waals surface area contributed by atoms with Crippen molar-refractivity contribution in [2.24, 2.45) is 0 Å². The highest BCUT2D eigenvalue weighted by molar-refractivity contribution is 14.1. The number of phenolic OH excluding ortho intramolecular Hbond substituents is 2. The summed E-state index contributed by atoms with van der Waals surface area (Å²) in [7, 11) is 0. The van der Waals surface area contributed by atoms with Gasteiger partial charge in [-0.05, 0) is 64.4 Å². The molecule has 0 saturated carbocycles. The molecule has 0 aliphatic carbocycles. The molecule has 0 heterocycles. The van der Waals surface area contributed by atoms with Gasteiger partial charge in [-0.15, -0.1) is 0 Å². The molecule has 2 N–H and O–H groups in total. The molecule has 0 aliphatic heterocycles. The maximum Gasteiger partial charge on any atom is 0.128 e. The zero-order valence-corrected chi connectivity index (χ0v) is 13.4. The molecule has 0 aliphatic rings. The first kappa shape index (κ1) is 14.2. The summed E-state index contributed by atoms with van der Waals surface area (Å²) in [6.07, 6.45) is 0. The Morgan fingerprint density at radius 1 is 0.895 bits per heavy atom. The number of hydrogen-bond donors (Lipinski definition) is 2. The second kappa shape index (κ2) is 5.04. The van der Waals surface area contributed by atoms with Gasteiger partial charge >= 0.3 is 0 Å². The van der Waals surface area contributed by atoms with Crippen LogP contribution in [0.25, 0.3) is 0 Å². The summed E-state index contributed by atoms with van der Waals surface area (Å²) in [5, 5.41) is 19.2. The first-order valence-corrected chi connectivity index (χ1v) is 7.19. The number of phenols is 2. The van der Waals surface area contributed by atoms with Gasteiger partial charge in [-0.2, -0.15) is 0 Å². The first-order valence-electron chi connectivity index (χ1n) is 6.11. The minimum atomic E-state index is -0.175. The smallest absolute Gasteiger partial charge is 0.128 e. The number of aromatic hydroxyl groups is 2. The summed E-state index contributed by atoms with van der Waals surface area (Å²) in [6, 6.07) is 11.4. The van der Waals surface area contributed by atoms with E-state index in [1.165, 1.54) is 0 Å². The predicted octanol–water partition coefficient (Wildman–Crippen LogP) is 4.34. The highest BCUT2D eigenvalue weighted by atomic mass is 127. The molecule has 2 aromatic carbocycles. The monoisotopic (exact) mass is 368 g/mol. The van der Waals surface area contributed by atoms with Crippen LogP contribution in [0.2, 0.25) is 0 Å². The zero-order valence-electron chi connectivity index (χ0n) is 11.2. The highest BCUT2D eigenvalue weighted by Crippen LogP contribution is 2.35. The Morgan fingerprint density at radius 3 is 1.95 bits per heavy atom. The summed E-state index contributed by atoms with van der Waals surface area (Å²) in [5.74, 6) is 0.627. The molecule has 3 heteroatoms. The van der Waals surface area contributed by atoms with Crippen LogP contribution in [0, 0.1) is 10.5 Å². The fraction of sp³-hybridized carbons (Fsp3) is 0.250. The second-order valence-corrected chi connectivity index (χ2v) is 6.45. The molecule has 0 radical (unpaired) electrons. The van der Waals surface area contributed by atoms with Crippen molar-refractivity contribution in [3.05, 3.63) is 56.7 Å². The van der Waals surface area contributed by atoms with Crippen molar-refractivity contribution < 1.29 is 10.2 Å². The van der Waals surface area contributed by atoms with Crippen LogP contribution in [-0.2, 0) is 5.41 Å². The van der Waals surface area contributed by atoms with E-state index < -0.39 is 0 Å². The van der Waals surface area contributed by atoms with Gasteiger partial charge in [0.25, 0.3) is 0 Å². The zero-order chi connectivity index (χ0) is 14.2. The standard InChI is InChI=1S/C16H17IO2/c1-10-8-11(4-6-14(10)18)16(2,3)12-5-7-15(19)13(17)9-12/h4-9,18-19H,1-3H3. The lowest BCUT2D eigenvalue weighted by molar-refractivity contribution is 0.469. The maximum absolute atomic E-state index is 9.63. The van der Waals surface area contributed by atoms with Crippen LogP contribution in [0.3, 0.4) is 0 Å². The molecule has 2 rings (SSSR count). The summed E-state index contributed by atoms with van der Waals surface area (Å²) in [4.78, 5) is 0. The molecule has 0 saturated heterocycles. The van der Waals surface area contributed by atoms with Gasteiger partial charge in [0.1, 0.15) is 11.5 Å². The molecule has 100 valence electrons. The average molecular weight is 368 g/mol. The van der Waals surface area contributed by atoms with Crippen molar-refractivity contribution in [1.82, 2.24) is 0 Å². The van der Waals surface area contributed by atoms with E-state index in [1.807, 2.05) is 31.2 Å². The van der Waals surface area contributed by atoms with Gasteiger partial charge in [-0.1, -0.05) is 32.0 Å². The minimum absolute atomic E-state index is 0.175. The van der Waals surface area contributed by atoms with E-state index in [-0.39, 0.29) is 5.41 Å². The Bertz CT molecular complexity index is 565. The molecule has 0 bridgehead atoms. The Hall–Kier alpha value is -1.23. The van der Waals surface area contributed by atoms with E-state index in [0.717, 1.165) is 20.3 Å². The van der Waals surface area contributed by atoms with E-state index >= 15 is 0 Å². The van der Waals surface area contributed by atoms with Gasteiger partial charge in [0, 0.05) is 5.41 Å². The second-order valence-electron chi connectivity index (χ2n) is 5.29. The Labute approximate surface area is 127 Å². The predicted molar refractivity (Wildman–Crippen MR) is 85.8 cm³/mol. The average Bonchev–Trinajstić information content (AvgIpc) is 2.35. The molecular formula is C16H17IO2. The molecule has 0 fully saturated rings. The van der Waals surface area contributed by atoms with Crippen LogP contribution in [-0.4, -0.2) is 10.2 Å². The summed E-state index contributed by atoms with van der Waals surface area (Å²) >= 11 is 2.13. The summed E-state index contributed by atoms with van der Waals surface area (Å²) < 4.78 is 0.846. The van der Waals surface area contributed by atoms with E-state index in [4.69, 9.17) is 0 Å². The number of halogens is 1. The van der Waals surface area contributed by atoms with Crippen molar-refractivity contribution in [2.45, 2.75) is 26.2 Å². The molecule has 0 atom stereocenters. The highest BCUT2D eigenvalue weighted by Gasteiger charge is 2.24. The van der Waals surface area contributed by atoms with Crippen molar-refractivity contribution in [2.75, 3.05) is 0 Å². The molecule has 2 nitrogen and oxygen atoms in total. The SMILES string of the molecule is Cc1cc(C(C)(C)c2ccc(O)c(I)c2)ccc1O. The Morgan fingerprint density at radius 2 is 1.42 bits per heavy atom. The Balaban J connectivity index is 2.51. The van der Waals surface area contributed by atoms with Gasteiger partial charge in [0.2, 0.25) is 0 Å². The number of aryl methyl sites for hydroxylation is 1. The van der Waals surface area contributed by atoms with E-state index in [2.05, 4.69) is 36.4 Å². The van der Waals surface area contributed by atoms with E-state index in [9.17, 15) is 10.2 Å². The molecule has 2 aromatic rings. The quantitative estimate of drug-likeness (QED) is 0.775. The first-order chi connectivity index (χ1) is 8.82. The molecular weight excluding hydrogens is 351 g/mol. The number of benzene rings is 2. The van der Waals surface area contributed by atoms with Crippen molar-refractivity contribution >= 4 is 22.6 Å². The van der Waals surface area contributed by atoms with Crippen LogP contribution in [0.5, 0.6) is 11.5 Å². The van der Waals surface area contributed by atoms with Gasteiger partial charge < -0.3 is 10.2 Å². The molecule has 0 amide bonds. The number of hydrogen-bond acceptors (Lipinski definition) is 2. The topological polar surface area (TPSA) is 40.5 Å². The fourth-order valence-corrected chi connectivity index (χ4v) is 2.62. The molecule has 19 heavy (non-hydrogen) atoms. The van der Waals surface area contributed by atoms with Gasteiger partial charge in [0.05, 0.1) is 3.57 Å². The van der Waals surface area contributed by atoms with Crippen molar-refractivity contribution in [1.29, 1.82) is 0 Å². The van der Waals surface area contributed by atoms with E-state index in [1.54, 1.807) is 12.1 Å². The fourth-order valence-electron chi connectivity index (χ4n) is 2.11. The summed E-state index contributed by atoms with van der Waals surface area (Å²) in [6.45, 7) is 6.18.